The molecule has 0 amide bonds. The van der Waals surface area contributed by atoms with Crippen LogP contribution in [0.2, 0.25) is 0 Å². The van der Waals surface area contributed by atoms with Crippen molar-refractivity contribution in [2.75, 3.05) is 5.32 Å². The molecule has 23 heavy (non-hydrogen) atoms. The molecule has 0 radical (unpaired) electrons. The van der Waals surface area contributed by atoms with Gasteiger partial charge in [-0.3, -0.25) is 9.08 Å². The van der Waals surface area contributed by atoms with Gasteiger partial charge in [-0.05, 0) is 34.7 Å². The van der Waals surface area contributed by atoms with Gasteiger partial charge in [0.2, 0.25) is 0 Å². The molecule has 4 aromatic rings. The average Bonchev–Trinajstić information content (AvgIpc) is 3.16. The number of nitrogens with one attached hydrogen (secondary N) is 1. The van der Waals surface area contributed by atoms with Gasteiger partial charge in [-0.15, -0.1) is 0 Å². The van der Waals surface area contributed by atoms with E-state index in [0.717, 1.165) is 26.3 Å². The zero-order chi connectivity index (χ0) is 15.8. The quantitative estimate of drug-likeness (QED) is 0.410. The van der Waals surface area contributed by atoms with Crippen LogP contribution in [0.4, 0.5) is 11.5 Å². The number of pyridine rings is 1. The van der Waals surface area contributed by atoms with Crippen molar-refractivity contribution >= 4 is 39.7 Å². The van der Waals surface area contributed by atoms with Crippen LogP contribution >= 0.6 is 22.6 Å². The topological polar surface area (TPSA) is 72.9 Å². The van der Waals surface area contributed by atoms with Crippen molar-refractivity contribution in [1.29, 1.82) is 0 Å². The monoisotopic (exact) mass is 417 g/mol. The summed E-state index contributed by atoms with van der Waals surface area (Å²) in [6.07, 6.45) is 11.0. The maximum atomic E-state index is 4.50. The molecule has 1 N–H and O–H groups in total. The van der Waals surface area contributed by atoms with Gasteiger partial charge in [0.15, 0.2) is 11.5 Å². The Kier molecular flexibility index (Phi) is 3.45. The fraction of sp³-hybridized carbons (Fsp3) is 0.0667. The summed E-state index contributed by atoms with van der Waals surface area (Å²) in [5.74, 6) is 0.686. The van der Waals surface area contributed by atoms with Crippen molar-refractivity contribution < 1.29 is 0 Å². The zero-order valence-electron chi connectivity index (χ0n) is 12.2. The predicted molar refractivity (Wildman–Crippen MR) is 95.4 cm³/mol. The molecule has 0 aliphatic rings. The lowest BCUT2D eigenvalue weighted by molar-refractivity contribution is 0.768. The smallest absolute Gasteiger partial charge is 0.180 e. The molecule has 0 saturated heterocycles. The standard InChI is InChI=1S/C15H12IN7/c1-22-9-10(6-20-22)12-8-19-15-14(17-4-5-23(12)15)21-11-2-3-13(16)18-7-11/h2-9H,1H3,(H,17,21). The van der Waals surface area contributed by atoms with Crippen LogP contribution < -0.4 is 5.32 Å². The van der Waals surface area contributed by atoms with E-state index in [0.29, 0.717) is 5.82 Å². The van der Waals surface area contributed by atoms with Gasteiger partial charge in [0.25, 0.3) is 0 Å². The van der Waals surface area contributed by atoms with Gasteiger partial charge in [-0.25, -0.2) is 15.0 Å². The minimum absolute atomic E-state index is 0.686. The third-order valence-electron chi connectivity index (χ3n) is 3.42. The number of fused-ring (bicyclic) bond motifs is 1. The molecule has 0 aliphatic carbocycles. The number of nitrogens with zero attached hydrogens (tertiary/aromatic N) is 6. The second-order valence-corrected chi connectivity index (χ2v) is 6.12. The molecular formula is C15H12IN7. The third-order valence-corrected chi connectivity index (χ3v) is 4.06. The number of aryl methyl sites for hydroxylation is 1. The highest BCUT2D eigenvalue weighted by Crippen LogP contribution is 2.24. The van der Waals surface area contributed by atoms with Gasteiger partial charge in [0, 0.05) is 31.2 Å². The summed E-state index contributed by atoms with van der Waals surface area (Å²) in [4.78, 5) is 13.2. The Balaban J connectivity index is 1.77. The average molecular weight is 417 g/mol. The van der Waals surface area contributed by atoms with Gasteiger partial charge in [-0.2, -0.15) is 5.10 Å². The lowest BCUT2D eigenvalue weighted by Gasteiger charge is -2.07. The Morgan fingerprint density at radius 2 is 2.00 bits per heavy atom. The second kappa shape index (κ2) is 5.61. The van der Waals surface area contributed by atoms with E-state index in [1.165, 1.54) is 0 Å². The van der Waals surface area contributed by atoms with Crippen molar-refractivity contribution in [1.82, 2.24) is 29.1 Å². The number of imidazole rings is 1. The van der Waals surface area contributed by atoms with Crippen LogP contribution in [0.25, 0.3) is 16.9 Å². The number of anilines is 2. The predicted octanol–water partition coefficient (Wildman–Crippen LogP) is 2.87. The first-order chi connectivity index (χ1) is 11.2. The van der Waals surface area contributed by atoms with Crippen LogP contribution in [0.3, 0.4) is 0 Å². The van der Waals surface area contributed by atoms with E-state index in [-0.39, 0.29) is 0 Å². The molecule has 0 saturated carbocycles. The molecule has 4 heterocycles. The molecule has 0 fully saturated rings. The van der Waals surface area contributed by atoms with Crippen molar-refractivity contribution in [2.24, 2.45) is 7.05 Å². The Morgan fingerprint density at radius 1 is 1.09 bits per heavy atom. The van der Waals surface area contributed by atoms with Crippen molar-refractivity contribution in [3.63, 3.8) is 0 Å². The van der Waals surface area contributed by atoms with Gasteiger partial charge in [0.1, 0.15) is 3.70 Å². The fourth-order valence-corrected chi connectivity index (χ4v) is 2.68. The highest BCUT2D eigenvalue weighted by molar-refractivity contribution is 14.1. The first-order valence-corrected chi connectivity index (χ1v) is 7.98. The van der Waals surface area contributed by atoms with E-state index in [9.17, 15) is 0 Å². The van der Waals surface area contributed by atoms with Crippen molar-refractivity contribution in [2.45, 2.75) is 0 Å². The number of aromatic nitrogens is 6. The van der Waals surface area contributed by atoms with Gasteiger partial charge < -0.3 is 5.32 Å². The van der Waals surface area contributed by atoms with Crippen LogP contribution in [0.1, 0.15) is 0 Å². The summed E-state index contributed by atoms with van der Waals surface area (Å²) in [5, 5.41) is 7.48. The molecule has 0 aliphatic heterocycles. The lowest BCUT2D eigenvalue weighted by Crippen LogP contribution is -1.99. The van der Waals surface area contributed by atoms with Crippen LogP contribution in [0.5, 0.6) is 0 Å². The first kappa shape index (κ1) is 14.1. The Labute approximate surface area is 145 Å². The molecule has 0 bridgehead atoms. The van der Waals surface area contributed by atoms with E-state index in [1.807, 2.05) is 48.4 Å². The molecule has 114 valence electrons. The third kappa shape index (κ3) is 2.65. The van der Waals surface area contributed by atoms with Gasteiger partial charge >= 0.3 is 0 Å². The Bertz CT molecular complexity index is 971. The van der Waals surface area contributed by atoms with Crippen LogP contribution in [-0.2, 0) is 7.05 Å². The molecule has 4 aromatic heterocycles. The zero-order valence-corrected chi connectivity index (χ0v) is 14.3. The van der Waals surface area contributed by atoms with Gasteiger partial charge in [-0.1, -0.05) is 0 Å². The molecule has 8 heteroatoms. The summed E-state index contributed by atoms with van der Waals surface area (Å²) < 4.78 is 4.71. The maximum absolute atomic E-state index is 4.50. The van der Waals surface area contributed by atoms with E-state index in [2.05, 4.69) is 48.0 Å². The largest absolute Gasteiger partial charge is 0.336 e. The molecule has 4 rings (SSSR count). The summed E-state index contributed by atoms with van der Waals surface area (Å²) in [6.45, 7) is 0. The molecular weight excluding hydrogens is 405 g/mol. The normalized spacial score (nSPS) is 11.0. The van der Waals surface area contributed by atoms with E-state index >= 15 is 0 Å². The number of rotatable bonds is 3. The first-order valence-electron chi connectivity index (χ1n) is 6.90. The molecule has 0 unspecified atom stereocenters. The van der Waals surface area contributed by atoms with Crippen molar-refractivity contribution in [3.05, 3.63) is 53.0 Å². The summed E-state index contributed by atoms with van der Waals surface area (Å²) in [5.41, 5.74) is 3.61. The summed E-state index contributed by atoms with van der Waals surface area (Å²) in [7, 11) is 1.89. The lowest BCUT2D eigenvalue weighted by atomic mass is 10.3. The number of halogens is 1. The van der Waals surface area contributed by atoms with Crippen LogP contribution in [0.15, 0.2) is 49.3 Å². The minimum Gasteiger partial charge on any atom is -0.336 e. The SMILES string of the molecule is Cn1cc(-c2cnc3c(Nc4ccc(I)nc4)nccn23)cn1. The molecule has 0 aromatic carbocycles. The highest BCUT2D eigenvalue weighted by Gasteiger charge is 2.11. The van der Waals surface area contributed by atoms with E-state index < -0.39 is 0 Å². The molecule has 0 spiro atoms. The van der Waals surface area contributed by atoms with Crippen LogP contribution in [0, 0.1) is 3.70 Å². The van der Waals surface area contributed by atoms with Gasteiger partial charge in [0.05, 0.1) is 30.0 Å². The fourth-order valence-electron chi connectivity index (χ4n) is 2.36. The Morgan fingerprint density at radius 3 is 2.74 bits per heavy atom. The van der Waals surface area contributed by atoms with Crippen molar-refractivity contribution in [3.8, 4) is 11.3 Å². The number of hydrogen-bond acceptors (Lipinski definition) is 5. The minimum atomic E-state index is 0.686. The number of hydrogen-bond donors (Lipinski definition) is 1. The summed E-state index contributed by atoms with van der Waals surface area (Å²) in [6, 6.07) is 3.90. The maximum Gasteiger partial charge on any atom is 0.180 e. The highest BCUT2D eigenvalue weighted by atomic mass is 127. The van der Waals surface area contributed by atoms with Crippen LogP contribution in [-0.4, -0.2) is 29.1 Å². The Hall–Kier alpha value is -2.49. The molecule has 7 nitrogen and oxygen atoms in total. The van der Waals surface area contributed by atoms with E-state index in [1.54, 1.807) is 17.1 Å². The summed E-state index contributed by atoms with van der Waals surface area (Å²) >= 11 is 2.17. The second-order valence-electron chi connectivity index (χ2n) is 5.01. The molecule has 0 atom stereocenters. The van der Waals surface area contributed by atoms with E-state index in [4.69, 9.17) is 0 Å².